The van der Waals surface area contributed by atoms with E-state index in [1.807, 2.05) is 10.6 Å². The average Bonchev–Trinajstić information content (AvgIpc) is 3.17. The molecule has 0 saturated carbocycles. The smallest absolute Gasteiger partial charge is 0.328 e. The molecule has 1 aromatic carbocycles. The Morgan fingerprint density at radius 1 is 1.05 bits per heavy atom. The number of carbonyl (C=O) groups is 1. The van der Waals surface area contributed by atoms with Gasteiger partial charge in [-0.15, -0.1) is 0 Å². The van der Waals surface area contributed by atoms with E-state index in [9.17, 15) is 24.3 Å². The number of esters is 1. The van der Waals surface area contributed by atoms with Crippen molar-refractivity contribution in [3.05, 3.63) is 96.3 Å². The monoisotopic (exact) mass is 560 g/mol. The number of carbonyl (C=O) groups excluding carboxylic acids is 1. The van der Waals surface area contributed by atoms with Gasteiger partial charge in [-0.05, 0) is 36.1 Å². The number of likely N-dealkylation sites (tertiary alicyclic amines) is 1. The van der Waals surface area contributed by atoms with Crippen molar-refractivity contribution in [3.8, 4) is 5.75 Å². The summed E-state index contributed by atoms with van der Waals surface area (Å²) in [5, 5.41) is 10.9. The Morgan fingerprint density at radius 3 is 2.61 bits per heavy atom. The van der Waals surface area contributed by atoms with Crippen molar-refractivity contribution in [2.75, 3.05) is 20.2 Å². The second-order valence-electron chi connectivity index (χ2n) is 11.2. The third-order valence-electron chi connectivity index (χ3n) is 8.55. The number of ether oxygens (including phenoxy) is 1. The first-order valence-corrected chi connectivity index (χ1v) is 13.6. The number of fused-ring (bicyclic) bond motifs is 5. The minimum absolute atomic E-state index is 0.0187. The van der Waals surface area contributed by atoms with Crippen LogP contribution in [0.1, 0.15) is 47.5 Å². The van der Waals surface area contributed by atoms with Crippen molar-refractivity contribution in [2.45, 2.75) is 37.8 Å². The van der Waals surface area contributed by atoms with Gasteiger partial charge in [0.25, 0.3) is 5.56 Å². The summed E-state index contributed by atoms with van der Waals surface area (Å²) in [4.78, 5) is 52.5. The van der Waals surface area contributed by atoms with Gasteiger partial charge in [0.2, 0.25) is 11.2 Å². The Balaban J connectivity index is 1.36. The lowest BCUT2D eigenvalue weighted by Crippen LogP contribution is -2.46. The standard InChI is InChI=1S/C30H32N4O7/c1-31-23-8-7-18(10-24(23)32(2)30(31)39)21(12-27(37)40-3)29-28(38)25(35)11-20(41-29)16-33-13-17-9-19(15-33)22-5-4-6-26(36)34(22)14-17/h4-8,10-11,17,19,21,38H,9,12-16H2,1-3H3. The highest BCUT2D eigenvalue weighted by molar-refractivity contribution is 5.78. The van der Waals surface area contributed by atoms with Gasteiger partial charge in [0.15, 0.2) is 5.76 Å². The fourth-order valence-electron chi connectivity index (χ4n) is 6.57. The number of aromatic nitrogens is 3. The Kier molecular flexibility index (Phi) is 6.69. The fraction of sp³-hybridized carbons (Fsp3) is 0.400. The molecule has 0 aliphatic carbocycles. The van der Waals surface area contributed by atoms with E-state index in [0.29, 0.717) is 47.9 Å². The maximum absolute atomic E-state index is 13.0. The number of imidazole rings is 1. The normalized spacial score (nSPS) is 19.2. The van der Waals surface area contributed by atoms with Crippen LogP contribution in [0.2, 0.25) is 0 Å². The van der Waals surface area contributed by atoms with Gasteiger partial charge in [0, 0.05) is 57.5 Å². The first-order chi connectivity index (χ1) is 19.6. The summed E-state index contributed by atoms with van der Waals surface area (Å²) in [7, 11) is 4.61. The molecule has 0 radical (unpaired) electrons. The van der Waals surface area contributed by atoms with Crippen molar-refractivity contribution in [1.82, 2.24) is 18.6 Å². The maximum atomic E-state index is 13.0. The molecule has 1 fully saturated rings. The molecule has 3 atom stereocenters. The highest BCUT2D eigenvalue weighted by Gasteiger charge is 2.35. The molecular weight excluding hydrogens is 528 g/mol. The highest BCUT2D eigenvalue weighted by Crippen LogP contribution is 2.37. The molecule has 3 unspecified atom stereocenters. The van der Waals surface area contributed by atoms with E-state index in [1.54, 1.807) is 44.4 Å². The summed E-state index contributed by atoms with van der Waals surface area (Å²) in [6.45, 7) is 2.42. The zero-order valence-corrected chi connectivity index (χ0v) is 23.2. The van der Waals surface area contributed by atoms with Crippen LogP contribution in [0.25, 0.3) is 11.0 Å². The lowest BCUT2D eigenvalue weighted by Gasteiger charge is -2.42. The first kappa shape index (κ1) is 26.8. The molecule has 5 heterocycles. The molecular formula is C30H32N4O7. The van der Waals surface area contributed by atoms with Crippen molar-refractivity contribution in [1.29, 1.82) is 0 Å². The van der Waals surface area contributed by atoms with Gasteiger partial charge >= 0.3 is 11.7 Å². The Morgan fingerprint density at radius 2 is 1.83 bits per heavy atom. The molecule has 2 aliphatic heterocycles. The van der Waals surface area contributed by atoms with E-state index in [0.717, 1.165) is 18.7 Å². The average molecular weight is 561 g/mol. The van der Waals surface area contributed by atoms with Gasteiger partial charge < -0.3 is 18.8 Å². The highest BCUT2D eigenvalue weighted by atomic mass is 16.5. The molecule has 11 nitrogen and oxygen atoms in total. The quantitative estimate of drug-likeness (QED) is 0.355. The van der Waals surface area contributed by atoms with E-state index >= 15 is 0 Å². The van der Waals surface area contributed by atoms with Crippen LogP contribution in [0.4, 0.5) is 0 Å². The van der Waals surface area contributed by atoms with Gasteiger partial charge in [-0.3, -0.25) is 28.4 Å². The largest absolute Gasteiger partial charge is 0.502 e. The number of hydrogen-bond donors (Lipinski definition) is 1. The number of rotatable bonds is 6. The van der Waals surface area contributed by atoms with E-state index in [4.69, 9.17) is 9.15 Å². The van der Waals surface area contributed by atoms with Gasteiger partial charge in [-0.2, -0.15) is 0 Å². The van der Waals surface area contributed by atoms with Crippen LogP contribution in [0.15, 0.2) is 61.3 Å². The summed E-state index contributed by atoms with van der Waals surface area (Å²) in [6.07, 6.45) is 0.818. The Bertz CT molecular complexity index is 1850. The van der Waals surface area contributed by atoms with Crippen LogP contribution < -0.4 is 16.7 Å². The zero-order valence-electron chi connectivity index (χ0n) is 23.2. The van der Waals surface area contributed by atoms with E-state index in [-0.39, 0.29) is 29.3 Å². The topological polar surface area (TPSA) is 129 Å². The Labute approximate surface area is 234 Å². The molecule has 3 aromatic heterocycles. The van der Waals surface area contributed by atoms with Gasteiger partial charge in [-0.25, -0.2) is 4.79 Å². The predicted octanol–water partition coefficient (Wildman–Crippen LogP) is 2.01. The van der Waals surface area contributed by atoms with Gasteiger partial charge in [0.05, 0.1) is 37.0 Å². The number of pyridine rings is 1. The van der Waals surface area contributed by atoms with Crippen LogP contribution in [-0.4, -0.2) is 49.9 Å². The number of hydrogen-bond acceptors (Lipinski definition) is 8. The van der Waals surface area contributed by atoms with E-state index in [1.165, 1.54) is 22.3 Å². The molecule has 0 spiro atoms. The molecule has 11 heteroatoms. The second-order valence-corrected chi connectivity index (χ2v) is 11.2. The van der Waals surface area contributed by atoms with Crippen LogP contribution in [0.5, 0.6) is 5.75 Å². The molecule has 41 heavy (non-hydrogen) atoms. The molecule has 6 rings (SSSR count). The summed E-state index contributed by atoms with van der Waals surface area (Å²) >= 11 is 0. The number of aromatic hydroxyl groups is 1. The first-order valence-electron chi connectivity index (χ1n) is 13.6. The fourth-order valence-corrected chi connectivity index (χ4v) is 6.57. The van der Waals surface area contributed by atoms with E-state index < -0.39 is 23.1 Å². The maximum Gasteiger partial charge on any atom is 0.328 e. The molecule has 1 N–H and O–H groups in total. The lowest BCUT2D eigenvalue weighted by atomic mass is 9.83. The predicted molar refractivity (Wildman–Crippen MR) is 150 cm³/mol. The van der Waals surface area contributed by atoms with Crippen LogP contribution in [0, 0.1) is 5.92 Å². The van der Waals surface area contributed by atoms with Crippen molar-refractivity contribution in [2.24, 2.45) is 20.0 Å². The third kappa shape index (κ3) is 4.69. The number of aryl methyl sites for hydroxylation is 2. The summed E-state index contributed by atoms with van der Waals surface area (Å²) in [6, 6.07) is 12.0. The van der Waals surface area contributed by atoms with Gasteiger partial charge in [0.1, 0.15) is 5.76 Å². The molecule has 1 saturated heterocycles. The summed E-state index contributed by atoms with van der Waals surface area (Å²) < 4.78 is 16.0. The van der Waals surface area contributed by atoms with Crippen LogP contribution >= 0.6 is 0 Å². The summed E-state index contributed by atoms with van der Waals surface area (Å²) in [5.41, 5.74) is 2.18. The number of methoxy groups -OCH3 is 1. The minimum Gasteiger partial charge on any atom is -0.502 e. The number of benzene rings is 1. The number of nitrogens with zero attached hydrogens (tertiary/aromatic N) is 4. The van der Waals surface area contributed by atoms with Crippen molar-refractivity contribution in [3.63, 3.8) is 0 Å². The van der Waals surface area contributed by atoms with Crippen molar-refractivity contribution < 1.29 is 19.1 Å². The molecule has 2 bridgehead atoms. The Hall–Kier alpha value is -4.38. The molecule has 214 valence electrons. The molecule has 2 aliphatic rings. The number of piperidine rings is 1. The van der Waals surface area contributed by atoms with Crippen molar-refractivity contribution >= 4 is 17.0 Å². The van der Waals surface area contributed by atoms with Crippen LogP contribution in [-0.2, 0) is 36.7 Å². The minimum atomic E-state index is -0.825. The van der Waals surface area contributed by atoms with Crippen LogP contribution in [0.3, 0.4) is 0 Å². The SMILES string of the molecule is COC(=O)CC(c1ccc2c(c1)n(C)c(=O)n2C)c1oc(CN2CC3CC(C2)c2cccc(=O)n2C3)cc(=O)c1O. The third-order valence-corrected chi connectivity index (χ3v) is 8.55. The summed E-state index contributed by atoms with van der Waals surface area (Å²) in [5.74, 6) is -1.09. The molecule has 4 aromatic rings. The zero-order chi connectivity index (χ0) is 29.0. The van der Waals surface area contributed by atoms with Gasteiger partial charge in [-0.1, -0.05) is 12.1 Å². The van der Waals surface area contributed by atoms with E-state index in [2.05, 4.69) is 4.90 Å². The molecule has 0 amide bonds. The second kappa shape index (κ2) is 10.2. The lowest BCUT2D eigenvalue weighted by molar-refractivity contribution is -0.140.